The summed E-state index contributed by atoms with van der Waals surface area (Å²) in [6.45, 7) is 5.76. The molecule has 0 saturated carbocycles. The molecule has 1 saturated heterocycles. The van der Waals surface area contributed by atoms with Gasteiger partial charge in [-0.25, -0.2) is 0 Å². The van der Waals surface area contributed by atoms with E-state index in [1.807, 2.05) is 36.4 Å². The molecule has 1 aliphatic rings. The van der Waals surface area contributed by atoms with Crippen LogP contribution in [0.2, 0.25) is 10.0 Å². The van der Waals surface area contributed by atoms with Crippen molar-refractivity contribution in [3.05, 3.63) is 46.4 Å². The fourth-order valence-corrected chi connectivity index (χ4v) is 4.49. The van der Waals surface area contributed by atoms with Gasteiger partial charge in [-0.1, -0.05) is 23.2 Å². The van der Waals surface area contributed by atoms with Crippen molar-refractivity contribution in [3.63, 3.8) is 0 Å². The van der Waals surface area contributed by atoms with Gasteiger partial charge in [-0.05, 0) is 36.4 Å². The van der Waals surface area contributed by atoms with Crippen LogP contribution >= 0.6 is 23.2 Å². The zero-order valence-electron chi connectivity index (χ0n) is 15.7. The van der Waals surface area contributed by atoms with Crippen molar-refractivity contribution in [1.29, 1.82) is 0 Å². The summed E-state index contributed by atoms with van der Waals surface area (Å²) in [5.41, 5.74) is 2.10. The highest BCUT2D eigenvalue weighted by Crippen LogP contribution is 2.33. The zero-order valence-corrected chi connectivity index (χ0v) is 17.2. The van der Waals surface area contributed by atoms with E-state index in [2.05, 4.69) is 14.4 Å². The fourth-order valence-electron chi connectivity index (χ4n) is 4.15. The molecule has 2 heterocycles. The number of benzene rings is 2. The second kappa shape index (κ2) is 8.57. The lowest BCUT2D eigenvalue weighted by Crippen LogP contribution is -2.49. The van der Waals surface area contributed by atoms with Crippen molar-refractivity contribution in [2.24, 2.45) is 0 Å². The monoisotopic (exact) mass is 421 g/mol. The molecule has 1 atom stereocenters. The van der Waals surface area contributed by atoms with Crippen molar-refractivity contribution in [1.82, 2.24) is 14.4 Å². The molecule has 3 aromatic rings. The highest BCUT2D eigenvalue weighted by Gasteiger charge is 2.20. The summed E-state index contributed by atoms with van der Waals surface area (Å²) in [5, 5.41) is 23.3. The Balaban J connectivity index is 1.54. The fraction of sp³-hybridized carbons (Fsp3) is 0.429. The minimum atomic E-state index is -0.477. The van der Waals surface area contributed by atoms with Crippen molar-refractivity contribution >= 4 is 45.0 Å². The Labute approximate surface area is 174 Å². The summed E-state index contributed by atoms with van der Waals surface area (Å²) in [6.07, 6.45) is -0.477. The Morgan fingerprint density at radius 3 is 1.89 bits per heavy atom. The van der Waals surface area contributed by atoms with Gasteiger partial charge in [0.1, 0.15) is 0 Å². The molecule has 4 rings (SSSR count). The highest BCUT2D eigenvalue weighted by molar-refractivity contribution is 6.33. The second-order valence-electron chi connectivity index (χ2n) is 7.45. The van der Waals surface area contributed by atoms with Gasteiger partial charge >= 0.3 is 0 Å². The van der Waals surface area contributed by atoms with Crippen molar-refractivity contribution < 1.29 is 10.2 Å². The number of halogens is 2. The van der Waals surface area contributed by atoms with E-state index >= 15 is 0 Å². The first-order valence-corrected chi connectivity index (χ1v) is 10.4. The van der Waals surface area contributed by atoms with Crippen LogP contribution in [0.3, 0.4) is 0 Å². The van der Waals surface area contributed by atoms with Gasteiger partial charge in [0.2, 0.25) is 0 Å². The summed E-state index contributed by atoms with van der Waals surface area (Å²) in [7, 11) is 0. The van der Waals surface area contributed by atoms with Crippen LogP contribution < -0.4 is 0 Å². The van der Waals surface area contributed by atoms with Crippen LogP contribution in [-0.4, -0.2) is 76.6 Å². The number of hydrogen-bond donors (Lipinski definition) is 2. The quantitative estimate of drug-likeness (QED) is 0.641. The molecule has 0 radical (unpaired) electrons. The first-order chi connectivity index (χ1) is 13.5. The minimum Gasteiger partial charge on any atom is -0.395 e. The van der Waals surface area contributed by atoms with Crippen LogP contribution in [0.1, 0.15) is 0 Å². The molecule has 0 spiro atoms. The average molecular weight is 422 g/mol. The molecule has 0 bridgehead atoms. The highest BCUT2D eigenvalue weighted by atomic mass is 35.5. The number of rotatable bonds is 6. The number of β-amino-alcohol motifs (C(OH)–C–C–N with tert-alkyl or cyclic N) is 2. The van der Waals surface area contributed by atoms with Crippen LogP contribution in [0.15, 0.2) is 36.4 Å². The molecule has 28 heavy (non-hydrogen) atoms. The number of aliphatic hydroxyl groups is 2. The molecule has 7 heteroatoms. The lowest BCUT2D eigenvalue weighted by Gasteiger charge is -2.35. The maximum Gasteiger partial charge on any atom is 0.0845 e. The van der Waals surface area contributed by atoms with Gasteiger partial charge in [0.25, 0.3) is 0 Å². The van der Waals surface area contributed by atoms with Gasteiger partial charge in [0, 0.05) is 71.1 Å². The first kappa shape index (κ1) is 20.0. The van der Waals surface area contributed by atoms with Crippen LogP contribution in [0, 0.1) is 0 Å². The molecule has 2 aromatic carbocycles. The normalized spacial score (nSPS) is 17.6. The standard InChI is InChI=1S/C21H25Cl2N3O2/c22-15-1-3-20-18(11-15)19-12-16(23)2-4-21(19)26(20)14-17(28)13-25-7-5-24(6-8-25)9-10-27/h1-4,11-12,17,27-28H,5-10,13-14H2/t17-/m1/s1. The lowest BCUT2D eigenvalue weighted by molar-refractivity contribution is 0.0601. The molecule has 0 amide bonds. The van der Waals surface area contributed by atoms with E-state index in [0.29, 0.717) is 23.1 Å². The van der Waals surface area contributed by atoms with E-state index in [1.165, 1.54) is 0 Å². The molecule has 1 aromatic heterocycles. The lowest BCUT2D eigenvalue weighted by atomic mass is 10.1. The SMILES string of the molecule is OCCN1CCN(C[C@@H](O)Cn2c3ccc(Cl)cc3c3cc(Cl)ccc32)CC1. The Morgan fingerprint density at radius 1 is 0.821 bits per heavy atom. The maximum absolute atomic E-state index is 10.8. The summed E-state index contributed by atoms with van der Waals surface area (Å²) in [5.74, 6) is 0. The molecule has 5 nitrogen and oxygen atoms in total. The Morgan fingerprint density at radius 2 is 1.36 bits per heavy atom. The molecule has 1 fully saturated rings. The summed E-state index contributed by atoms with van der Waals surface area (Å²) in [6, 6.07) is 11.7. The van der Waals surface area contributed by atoms with Gasteiger partial charge in [-0.3, -0.25) is 9.80 Å². The predicted octanol–water partition coefficient (Wildman–Crippen LogP) is 3.07. The van der Waals surface area contributed by atoms with E-state index in [9.17, 15) is 5.11 Å². The van der Waals surface area contributed by atoms with E-state index in [4.69, 9.17) is 28.3 Å². The minimum absolute atomic E-state index is 0.199. The number of nitrogens with zero attached hydrogens (tertiary/aromatic N) is 3. The summed E-state index contributed by atoms with van der Waals surface area (Å²) < 4.78 is 2.16. The van der Waals surface area contributed by atoms with Crippen LogP contribution in [0.5, 0.6) is 0 Å². The third-order valence-electron chi connectivity index (χ3n) is 5.53. The van der Waals surface area contributed by atoms with Crippen LogP contribution in [0.4, 0.5) is 0 Å². The number of aromatic nitrogens is 1. The third-order valence-corrected chi connectivity index (χ3v) is 6.00. The van der Waals surface area contributed by atoms with Crippen LogP contribution in [-0.2, 0) is 6.54 Å². The summed E-state index contributed by atoms with van der Waals surface area (Å²) >= 11 is 12.4. The van der Waals surface area contributed by atoms with Crippen molar-refractivity contribution in [3.8, 4) is 0 Å². The molecule has 1 aliphatic heterocycles. The maximum atomic E-state index is 10.8. The third kappa shape index (κ3) is 4.15. The van der Waals surface area contributed by atoms with E-state index in [1.54, 1.807) is 0 Å². The van der Waals surface area contributed by atoms with Gasteiger partial charge in [0.05, 0.1) is 19.3 Å². The van der Waals surface area contributed by atoms with Gasteiger partial charge < -0.3 is 14.8 Å². The molecule has 0 unspecified atom stereocenters. The second-order valence-corrected chi connectivity index (χ2v) is 8.33. The Kier molecular flexibility index (Phi) is 6.11. The van der Waals surface area contributed by atoms with Crippen molar-refractivity contribution in [2.75, 3.05) is 45.9 Å². The zero-order chi connectivity index (χ0) is 19.7. The Hall–Kier alpha value is -1.34. The molecule has 2 N–H and O–H groups in total. The first-order valence-electron chi connectivity index (χ1n) is 9.66. The number of aliphatic hydroxyl groups excluding tert-OH is 2. The molecular formula is C21H25Cl2N3O2. The molecular weight excluding hydrogens is 397 g/mol. The smallest absolute Gasteiger partial charge is 0.0845 e. The van der Waals surface area contributed by atoms with Gasteiger partial charge in [0.15, 0.2) is 0 Å². The van der Waals surface area contributed by atoms with E-state index in [0.717, 1.165) is 54.5 Å². The topological polar surface area (TPSA) is 51.9 Å². The van der Waals surface area contributed by atoms with E-state index < -0.39 is 6.10 Å². The van der Waals surface area contributed by atoms with Gasteiger partial charge in [-0.2, -0.15) is 0 Å². The summed E-state index contributed by atoms with van der Waals surface area (Å²) in [4.78, 5) is 4.55. The van der Waals surface area contributed by atoms with Gasteiger partial charge in [-0.15, -0.1) is 0 Å². The largest absolute Gasteiger partial charge is 0.395 e. The average Bonchev–Trinajstić information content (AvgIpc) is 2.96. The molecule has 150 valence electrons. The number of piperazine rings is 1. The Bertz CT molecular complexity index is 908. The predicted molar refractivity (Wildman–Crippen MR) is 115 cm³/mol. The van der Waals surface area contributed by atoms with Crippen LogP contribution in [0.25, 0.3) is 21.8 Å². The number of hydrogen-bond acceptors (Lipinski definition) is 4. The van der Waals surface area contributed by atoms with E-state index in [-0.39, 0.29) is 6.61 Å². The number of fused-ring (bicyclic) bond motifs is 3. The molecule has 0 aliphatic carbocycles. The van der Waals surface area contributed by atoms with Crippen molar-refractivity contribution in [2.45, 2.75) is 12.6 Å².